The molecular weight excluding hydrogens is 230 g/mol. The van der Waals surface area contributed by atoms with E-state index in [0.29, 0.717) is 11.6 Å². The van der Waals surface area contributed by atoms with Crippen LogP contribution in [0.3, 0.4) is 0 Å². The van der Waals surface area contributed by atoms with Gasteiger partial charge < -0.3 is 10.4 Å². The van der Waals surface area contributed by atoms with Crippen molar-refractivity contribution in [3.63, 3.8) is 0 Å². The molecule has 18 heavy (non-hydrogen) atoms. The summed E-state index contributed by atoms with van der Waals surface area (Å²) in [5.74, 6) is -0.484. The third kappa shape index (κ3) is 1.86. The Kier molecular flexibility index (Phi) is 2.76. The summed E-state index contributed by atoms with van der Waals surface area (Å²) in [7, 11) is 0. The molecule has 5 nitrogen and oxygen atoms in total. The SMILES string of the molecule is O=C(O)c1cccc2nc(C3CCNCC3)cn12. The van der Waals surface area contributed by atoms with Gasteiger partial charge in [0.25, 0.3) is 0 Å². The maximum atomic E-state index is 11.1. The van der Waals surface area contributed by atoms with Gasteiger partial charge in [-0.3, -0.25) is 4.40 Å². The van der Waals surface area contributed by atoms with Crippen LogP contribution in [0.5, 0.6) is 0 Å². The van der Waals surface area contributed by atoms with Gasteiger partial charge in [-0.1, -0.05) is 6.07 Å². The summed E-state index contributed by atoms with van der Waals surface area (Å²) < 4.78 is 1.67. The Balaban J connectivity index is 2.04. The minimum Gasteiger partial charge on any atom is -0.477 e. The lowest BCUT2D eigenvalue weighted by Crippen LogP contribution is -2.26. The molecule has 0 amide bonds. The Bertz CT molecular complexity index is 585. The van der Waals surface area contributed by atoms with Crippen LogP contribution in [0, 0.1) is 0 Å². The quantitative estimate of drug-likeness (QED) is 0.841. The molecule has 0 unspecified atom stereocenters. The first-order valence-corrected chi connectivity index (χ1v) is 6.18. The minimum atomic E-state index is -0.921. The topological polar surface area (TPSA) is 66.6 Å². The number of rotatable bonds is 2. The number of fused-ring (bicyclic) bond motifs is 1. The molecule has 2 aromatic heterocycles. The largest absolute Gasteiger partial charge is 0.477 e. The number of aromatic nitrogens is 2. The highest BCUT2D eigenvalue weighted by molar-refractivity contribution is 5.86. The summed E-state index contributed by atoms with van der Waals surface area (Å²) in [6.07, 6.45) is 3.99. The van der Waals surface area contributed by atoms with E-state index in [1.165, 1.54) is 0 Å². The number of piperidine rings is 1. The molecule has 1 aliphatic heterocycles. The molecule has 1 fully saturated rings. The number of carbonyl (C=O) groups is 1. The Morgan fingerprint density at radius 3 is 2.89 bits per heavy atom. The molecule has 0 aromatic carbocycles. The fraction of sp³-hybridized carbons (Fsp3) is 0.385. The molecule has 0 aliphatic carbocycles. The molecular formula is C13H15N3O2. The highest BCUT2D eigenvalue weighted by Crippen LogP contribution is 2.25. The van der Waals surface area contributed by atoms with Crippen LogP contribution in [-0.2, 0) is 0 Å². The van der Waals surface area contributed by atoms with E-state index in [0.717, 1.165) is 31.6 Å². The molecule has 5 heteroatoms. The van der Waals surface area contributed by atoms with Crippen molar-refractivity contribution in [2.45, 2.75) is 18.8 Å². The molecule has 1 saturated heterocycles. The van der Waals surface area contributed by atoms with Crippen molar-refractivity contribution in [2.24, 2.45) is 0 Å². The zero-order valence-electron chi connectivity index (χ0n) is 9.97. The van der Waals surface area contributed by atoms with E-state index in [4.69, 9.17) is 5.11 Å². The summed E-state index contributed by atoms with van der Waals surface area (Å²) >= 11 is 0. The van der Waals surface area contributed by atoms with Crippen LogP contribution >= 0.6 is 0 Å². The molecule has 2 aromatic rings. The molecule has 0 spiro atoms. The summed E-state index contributed by atoms with van der Waals surface area (Å²) in [5, 5.41) is 12.5. The molecule has 2 N–H and O–H groups in total. The van der Waals surface area contributed by atoms with Gasteiger partial charge in [-0.05, 0) is 38.1 Å². The smallest absolute Gasteiger partial charge is 0.352 e. The average Bonchev–Trinajstić information content (AvgIpc) is 2.83. The number of nitrogens with zero attached hydrogens (tertiary/aromatic N) is 2. The Labute approximate surface area is 104 Å². The monoisotopic (exact) mass is 245 g/mol. The Morgan fingerprint density at radius 1 is 1.39 bits per heavy atom. The first-order valence-electron chi connectivity index (χ1n) is 6.18. The van der Waals surface area contributed by atoms with Crippen LogP contribution in [0.25, 0.3) is 5.65 Å². The van der Waals surface area contributed by atoms with Gasteiger partial charge in [0.2, 0.25) is 0 Å². The van der Waals surface area contributed by atoms with Gasteiger partial charge >= 0.3 is 5.97 Å². The van der Waals surface area contributed by atoms with Crippen LogP contribution in [-0.4, -0.2) is 33.6 Å². The molecule has 3 rings (SSSR count). The van der Waals surface area contributed by atoms with Gasteiger partial charge in [-0.2, -0.15) is 0 Å². The van der Waals surface area contributed by atoms with Crippen molar-refractivity contribution < 1.29 is 9.90 Å². The number of pyridine rings is 1. The van der Waals surface area contributed by atoms with E-state index in [2.05, 4.69) is 10.3 Å². The summed E-state index contributed by atoms with van der Waals surface area (Å²) in [6, 6.07) is 5.18. The van der Waals surface area contributed by atoms with Crippen molar-refractivity contribution in [1.82, 2.24) is 14.7 Å². The lowest BCUT2D eigenvalue weighted by molar-refractivity contribution is 0.0689. The highest BCUT2D eigenvalue weighted by Gasteiger charge is 2.19. The van der Waals surface area contributed by atoms with Gasteiger partial charge in [-0.15, -0.1) is 0 Å². The van der Waals surface area contributed by atoms with Crippen molar-refractivity contribution in [2.75, 3.05) is 13.1 Å². The predicted octanol–water partition coefficient (Wildman–Crippen LogP) is 1.50. The normalized spacial score (nSPS) is 17.1. The predicted molar refractivity (Wildman–Crippen MR) is 67.0 cm³/mol. The van der Waals surface area contributed by atoms with Crippen molar-refractivity contribution in [3.05, 3.63) is 35.8 Å². The average molecular weight is 245 g/mol. The van der Waals surface area contributed by atoms with Gasteiger partial charge in [-0.25, -0.2) is 9.78 Å². The number of hydrogen-bond acceptors (Lipinski definition) is 3. The fourth-order valence-corrected chi connectivity index (χ4v) is 2.52. The van der Waals surface area contributed by atoms with E-state index < -0.39 is 5.97 Å². The van der Waals surface area contributed by atoms with E-state index in [1.54, 1.807) is 16.5 Å². The van der Waals surface area contributed by atoms with Crippen LogP contribution < -0.4 is 5.32 Å². The van der Waals surface area contributed by atoms with Gasteiger partial charge in [0, 0.05) is 12.1 Å². The second kappa shape index (κ2) is 4.42. The zero-order chi connectivity index (χ0) is 12.5. The van der Waals surface area contributed by atoms with E-state index in [9.17, 15) is 4.79 Å². The molecule has 0 bridgehead atoms. The molecule has 94 valence electrons. The number of carboxylic acids is 1. The summed E-state index contributed by atoms with van der Waals surface area (Å²) in [6.45, 7) is 2.01. The molecule has 1 aliphatic rings. The van der Waals surface area contributed by atoms with Crippen LogP contribution in [0.15, 0.2) is 24.4 Å². The van der Waals surface area contributed by atoms with Crippen molar-refractivity contribution in [3.8, 4) is 0 Å². The van der Waals surface area contributed by atoms with E-state index in [-0.39, 0.29) is 5.69 Å². The summed E-state index contributed by atoms with van der Waals surface area (Å²) in [4.78, 5) is 15.7. The highest BCUT2D eigenvalue weighted by atomic mass is 16.4. The number of hydrogen-bond donors (Lipinski definition) is 2. The van der Waals surface area contributed by atoms with Gasteiger partial charge in [0.15, 0.2) is 0 Å². The maximum Gasteiger partial charge on any atom is 0.352 e. The maximum absolute atomic E-state index is 11.1. The number of aromatic carboxylic acids is 1. The molecule has 0 atom stereocenters. The van der Waals surface area contributed by atoms with E-state index >= 15 is 0 Å². The summed E-state index contributed by atoms with van der Waals surface area (Å²) in [5.41, 5.74) is 1.98. The zero-order valence-corrected chi connectivity index (χ0v) is 9.97. The lowest BCUT2D eigenvalue weighted by atomic mass is 9.95. The number of carboxylic acid groups (broad SMARTS) is 1. The third-order valence-electron chi connectivity index (χ3n) is 3.49. The second-order valence-electron chi connectivity index (χ2n) is 4.63. The van der Waals surface area contributed by atoms with Crippen LogP contribution in [0.4, 0.5) is 0 Å². The van der Waals surface area contributed by atoms with Crippen molar-refractivity contribution >= 4 is 11.6 Å². The first-order chi connectivity index (χ1) is 8.75. The molecule has 0 saturated carbocycles. The lowest BCUT2D eigenvalue weighted by Gasteiger charge is -2.20. The standard InChI is InChI=1S/C13H15N3O2/c17-13(18)11-2-1-3-12-15-10(8-16(11)12)9-4-6-14-7-5-9/h1-3,8-9,14H,4-7H2,(H,17,18). The van der Waals surface area contributed by atoms with Gasteiger partial charge in [0.1, 0.15) is 11.3 Å². The number of imidazole rings is 1. The van der Waals surface area contributed by atoms with Crippen LogP contribution in [0.2, 0.25) is 0 Å². The third-order valence-corrected chi connectivity index (χ3v) is 3.49. The molecule has 3 heterocycles. The van der Waals surface area contributed by atoms with Crippen LogP contribution in [0.1, 0.15) is 34.9 Å². The number of nitrogens with one attached hydrogen (secondary N) is 1. The Morgan fingerprint density at radius 2 is 2.17 bits per heavy atom. The fourth-order valence-electron chi connectivity index (χ4n) is 2.52. The minimum absolute atomic E-state index is 0.264. The van der Waals surface area contributed by atoms with E-state index in [1.807, 2.05) is 12.3 Å². The van der Waals surface area contributed by atoms with Gasteiger partial charge in [0.05, 0.1) is 5.69 Å². The van der Waals surface area contributed by atoms with Crippen molar-refractivity contribution in [1.29, 1.82) is 0 Å². The molecule has 0 radical (unpaired) electrons. The second-order valence-corrected chi connectivity index (χ2v) is 4.63. The first kappa shape index (κ1) is 11.2. The Hall–Kier alpha value is -1.88.